The molecule has 1 fully saturated rings. The zero-order valence-electron chi connectivity index (χ0n) is 13.4. The third kappa shape index (κ3) is 4.27. The maximum atomic E-state index is 12.7. The molecule has 2 heterocycles. The number of amides is 1. The van der Waals surface area contributed by atoms with Crippen molar-refractivity contribution in [3.63, 3.8) is 0 Å². The fourth-order valence-corrected chi connectivity index (χ4v) is 3.23. The summed E-state index contributed by atoms with van der Waals surface area (Å²) in [4.78, 5) is 16.1. The van der Waals surface area contributed by atoms with E-state index in [1.807, 2.05) is 18.2 Å². The smallest absolute Gasteiger partial charge is 0.366 e. The van der Waals surface area contributed by atoms with Gasteiger partial charge in [-0.1, -0.05) is 24.3 Å². The van der Waals surface area contributed by atoms with Crippen LogP contribution in [0.5, 0.6) is 0 Å². The molecule has 1 unspecified atom stereocenters. The normalized spacial score (nSPS) is 22.3. The summed E-state index contributed by atoms with van der Waals surface area (Å²) < 4.78 is 42.6. The Balaban J connectivity index is 1.57. The Labute approximate surface area is 139 Å². The van der Waals surface area contributed by atoms with Crippen molar-refractivity contribution < 1.29 is 22.7 Å². The number of rotatable bonds is 3. The second kappa shape index (κ2) is 7.11. The van der Waals surface area contributed by atoms with E-state index in [1.165, 1.54) is 5.56 Å². The van der Waals surface area contributed by atoms with Crippen LogP contribution in [0, 0.1) is 0 Å². The van der Waals surface area contributed by atoms with E-state index < -0.39 is 18.7 Å². The molecule has 1 atom stereocenters. The minimum atomic E-state index is -4.17. The van der Waals surface area contributed by atoms with Crippen LogP contribution in [0.1, 0.15) is 17.5 Å². The fourth-order valence-electron chi connectivity index (χ4n) is 3.23. The van der Waals surface area contributed by atoms with Crippen LogP contribution >= 0.6 is 0 Å². The Morgan fingerprint density at radius 3 is 2.71 bits per heavy atom. The van der Waals surface area contributed by atoms with Gasteiger partial charge >= 0.3 is 6.18 Å². The summed E-state index contributed by atoms with van der Waals surface area (Å²) in [5.41, 5.74) is 2.37. The van der Waals surface area contributed by atoms with Gasteiger partial charge in [-0.25, -0.2) is 0 Å². The zero-order valence-corrected chi connectivity index (χ0v) is 13.4. The molecule has 2 aliphatic heterocycles. The van der Waals surface area contributed by atoms with Gasteiger partial charge in [0.1, 0.15) is 6.10 Å². The predicted molar refractivity (Wildman–Crippen MR) is 82.4 cm³/mol. The minimum Gasteiger partial charge on any atom is -0.366 e. The van der Waals surface area contributed by atoms with Gasteiger partial charge in [-0.15, -0.1) is 0 Å². The van der Waals surface area contributed by atoms with Crippen LogP contribution in [-0.4, -0.2) is 60.8 Å². The van der Waals surface area contributed by atoms with E-state index in [0.29, 0.717) is 26.2 Å². The molecule has 0 spiro atoms. The number of halogens is 3. The van der Waals surface area contributed by atoms with Crippen molar-refractivity contribution >= 4 is 5.91 Å². The molecular formula is C17H21F3N2O2. The molecule has 7 heteroatoms. The number of ether oxygens (including phenoxy) is 1. The van der Waals surface area contributed by atoms with E-state index in [9.17, 15) is 18.0 Å². The first kappa shape index (κ1) is 17.2. The summed E-state index contributed by atoms with van der Waals surface area (Å²) in [6.07, 6.45) is -4.90. The molecule has 4 nitrogen and oxygen atoms in total. The van der Waals surface area contributed by atoms with Crippen molar-refractivity contribution in [1.29, 1.82) is 0 Å². The van der Waals surface area contributed by atoms with Crippen LogP contribution in [0.3, 0.4) is 0 Å². The maximum Gasteiger partial charge on any atom is 0.390 e. The molecule has 3 rings (SSSR count). The summed E-state index contributed by atoms with van der Waals surface area (Å²) in [6.45, 7) is 2.03. The average molecular weight is 342 g/mol. The number of morpholine rings is 1. The average Bonchev–Trinajstić information content (AvgIpc) is 2.58. The predicted octanol–water partition coefficient (Wildman–Crippen LogP) is 2.22. The molecule has 1 aromatic rings. The Hall–Kier alpha value is -1.60. The number of alkyl halides is 3. The Bertz CT molecular complexity index is 591. The van der Waals surface area contributed by atoms with Gasteiger partial charge in [0, 0.05) is 32.7 Å². The van der Waals surface area contributed by atoms with E-state index in [2.05, 4.69) is 6.07 Å². The zero-order chi connectivity index (χ0) is 17.2. The molecule has 0 aromatic heterocycles. The first-order chi connectivity index (χ1) is 11.4. The highest BCUT2D eigenvalue weighted by atomic mass is 19.4. The number of hydrogen-bond donors (Lipinski definition) is 0. The molecule has 2 aliphatic rings. The molecule has 24 heavy (non-hydrogen) atoms. The van der Waals surface area contributed by atoms with E-state index in [0.717, 1.165) is 12.0 Å². The molecule has 132 valence electrons. The van der Waals surface area contributed by atoms with Crippen LogP contribution in [0.25, 0.3) is 0 Å². The molecule has 0 saturated carbocycles. The van der Waals surface area contributed by atoms with Crippen LogP contribution in [0.2, 0.25) is 0 Å². The largest absolute Gasteiger partial charge is 0.390 e. The number of fused-ring (bicyclic) bond motifs is 1. The van der Waals surface area contributed by atoms with Gasteiger partial charge in [-0.2, -0.15) is 13.2 Å². The van der Waals surface area contributed by atoms with Crippen LogP contribution in [0.4, 0.5) is 13.2 Å². The summed E-state index contributed by atoms with van der Waals surface area (Å²) in [5.74, 6) is -0.124. The van der Waals surface area contributed by atoms with E-state index in [1.54, 1.807) is 9.80 Å². The standard InChI is InChI=1S/C17H21F3N2O2/c18-17(19,20)6-8-21-9-10-24-15(12-21)16(23)22-7-5-13-3-1-2-4-14(13)11-22/h1-4,15H,5-12H2. The van der Waals surface area contributed by atoms with Crippen LogP contribution in [-0.2, 0) is 22.5 Å². The van der Waals surface area contributed by atoms with Crippen LogP contribution in [0.15, 0.2) is 24.3 Å². The molecule has 1 saturated heterocycles. The number of nitrogens with zero attached hydrogens (tertiary/aromatic N) is 2. The van der Waals surface area contributed by atoms with Crippen LogP contribution < -0.4 is 0 Å². The molecule has 0 bridgehead atoms. The summed E-state index contributed by atoms with van der Waals surface area (Å²) in [7, 11) is 0. The van der Waals surface area contributed by atoms with Crippen molar-refractivity contribution in [3.8, 4) is 0 Å². The Kier molecular flexibility index (Phi) is 5.10. The third-order valence-electron chi connectivity index (χ3n) is 4.58. The van der Waals surface area contributed by atoms with Crippen molar-refractivity contribution in [3.05, 3.63) is 35.4 Å². The number of carbonyl (C=O) groups excluding carboxylic acids is 1. The SMILES string of the molecule is O=C(C1CN(CCC(F)(F)F)CCO1)N1CCc2ccccc2C1. The summed E-state index contributed by atoms with van der Waals surface area (Å²) >= 11 is 0. The van der Waals surface area contributed by atoms with Gasteiger partial charge in [0.2, 0.25) is 0 Å². The molecule has 1 aromatic carbocycles. The van der Waals surface area contributed by atoms with Crippen molar-refractivity contribution in [1.82, 2.24) is 9.80 Å². The first-order valence-electron chi connectivity index (χ1n) is 8.19. The second-order valence-electron chi connectivity index (χ2n) is 6.30. The number of carbonyl (C=O) groups is 1. The summed E-state index contributed by atoms with van der Waals surface area (Å²) in [5, 5.41) is 0. The van der Waals surface area contributed by atoms with E-state index >= 15 is 0 Å². The lowest BCUT2D eigenvalue weighted by molar-refractivity contribution is -0.154. The van der Waals surface area contributed by atoms with Gasteiger partial charge < -0.3 is 9.64 Å². The first-order valence-corrected chi connectivity index (χ1v) is 8.19. The lowest BCUT2D eigenvalue weighted by atomic mass is 9.99. The van der Waals surface area contributed by atoms with Gasteiger partial charge in [0.25, 0.3) is 5.91 Å². The minimum absolute atomic E-state index is 0.0839. The highest BCUT2D eigenvalue weighted by molar-refractivity contribution is 5.81. The van der Waals surface area contributed by atoms with Crippen molar-refractivity contribution in [2.75, 3.05) is 32.8 Å². The molecule has 0 aliphatic carbocycles. The van der Waals surface area contributed by atoms with Gasteiger partial charge in [0.05, 0.1) is 13.0 Å². The number of hydrogen-bond acceptors (Lipinski definition) is 3. The van der Waals surface area contributed by atoms with Gasteiger partial charge in [-0.05, 0) is 17.5 Å². The number of benzene rings is 1. The summed E-state index contributed by atoms with van der Waals surface area (Å²) in [6, 6.07) is 8.00. The quantitative estimate of drug-likeness (QED) is 0.844. The molecule has 1 amide bonds. The van der Waals surface area contributed by atoms with E-state index in [-0.39, 0.29) is 19.0 Å². The Morgan fingerprint density at radius 1 is 1.21 bits per heavy atom. The maximum absolute atomic E-state index is 12.7. The van der Waals surface area contributed by atoms with Crippen molar-refractivity contribution in [2.24, 2.45) is 0 Å². The van der Waals surface area contributed by atoms with Gasteiger partial charge in [-0.3, -0.25) is 9.69 Å². The molecular weight excluding hydrogens is 321 g/mol. The van der Waals surface area contributed by atoms with E-state index in [4.69, 9.17) is 4.74 Å². The highest BCUT2D eigenvalue weighted by Crippen LogP contribution is 2.22. The Morgan fingerprint density at radius 2 is 1.96 bits per heavy atom. The second-order valence-corrected chi connectivity index (χ2v) is 6.30. The highest BCUT2D eigenvalue weighted by Gasteiger charge is 2.34. The lowest BCUT2D eigenvalue weighted by Crippen LogP contribution is -2.52. The monoisotopic (exact) mass is 342 g/mol. The van der Waals surface area contributed by atoms with Crippen molar-refractivity contribution in [2.45, 2.75) is 31.7 Å². The lowest BCUT2D eigenvalue weighted by Gasteiger charge is -2.36. The topological polar surface area (TPSA) is 32.8 Å². The third-order valence-corrected chi connectivity index (χ3v) is 4.58. The fraction of sp³-hybridized carbons (Fsp3) is 0.588. The molecule has 0 radical (unpaired) electrons. The van der Waals surface area contributed by atoms with Gasteiger partial charge in [0.15, 0.2) is 0 Å². The molecule has 0 N–H and O–H groups in total.